The van der Waals surface area contributed by atoms with Crippen LogP contribution in [0.15, 0.2) is 17.5 Å². The van der Waals surface area contributed by atoms with Gasteiger partial charge in [-0.05, 0) is 0 Å². The Labute approximate surface area is 81.0 Å². The minimum Gasteiger partial charge on any atom is -0.339 e. The minimum absolute atomic E-state index is 0.103. The van der Waals surface area contributed by atoms with Crippen LogP contribution in [0.4, 0.5) is 0 Å². The van der Waals surface area contributed by atoms with Gasteiger partial charge in [0.2, 0.25) is 0 Å². The van der Waals surface area contributed by atoms with Crippen LogP contribution in [0.2, 0.25) is 0 Å². The Morgan fingerprint density at radius 1 is 1.64 bits per heavy atom. The molecule has 0 aromatic carbocycles. The topological polar surface area (TPSA) is 71.3 Å². The summed E-state index contributed by atoms with van der Waals surface area (Å²) in [5.74, 6) is 0.399. The fourth-order valence-corrected chi connectivity index (χ4v) is 1.40. The van der Waals surface area contributed by atoms with Crippen molar-refractivity contribution in [3.63, 3.8) is 0 Å². The molecule has 2 rings (SSSR count). The van der Waals surface area contributed by atoms with Gasteiger partial charge >= 0.3 is 0 Å². The summed E-state index contributed by atoms with van der Waals surface area (Å²) in [4.78, 5) is 19.3. The standard InChI is InChI=1S/C8H11N5O/c1-9-8-11-6(7(14)12-8)5-3-10-4-13(5)2/h3-4,6H,1-2H3,(H2,9,11,12,14). The van der Waals surface area contributed by atoms with Gasteiger partial charge in [-0.1, -0.05) is 0 Å². The molecule has 1 aliphatic rings. The molecule has 1 atom stereocenters. The van der Waals surface area contributed by atoms with Crippen molar-refractivity contribution < 1.29 is 4.79 Å². The average Bonchev–Trinajstić information content (AvgIpc) is 2.72. The van der Waals surface area contributed by atoms with Crippen LogP contribution in [0.5, 0.6) is 0 Å². The number of aromatic nitrogens is 2. The summed E-state index contributed by atoms with van der Waals surface area (Å²) in [7, 11) is 3.46. The van der Waals surface area contributed by atoms with E-state index in [0.717, 1.165) is 5.69 Å². The lowest BCUT2D eigenvalue weighted by Crippen LogP contribution is -2.25. The molecule has 6 heteroatoms. The zero-order valence-corrected chi connectivity index (χ0v) is 7.98. The maximum atomic E-state index is 11.5. The third-order valence-corrected chi connectivity index (χ3v) is 2.16. The van der Waals surface area contributed by atoms with Crippen LogP contribution < -0.4 is 10.6 Å². The molecule has 0 aliphatic carbocycles. The number of aliphatic imine (C=N–C) groups is 1. The van der Waals surface area contributed by atoms with E-state index in [2.05, 4.69) is 20.6 Å². The average molecular weight is 193 g/mol. The smallest absolute Gasteiger partial charge is 0.255 e. The summed E-state index contributed by atoms with van der Waals surface area (Å²) >= 11 is 0. The zero-order valence-electron chi connectivity index (χ0n) is 7.98. The molecule has 1 aliphatic heterocycles. The van der Waals surface area contributed by atoms with Gasteiger partial charge in [0.1, 0.15) is 0 Å². The monoisotopic (exact) mass is 193 g/mol. The predicted molar refractivity (Wildman–Crippen MR) is 50.6 cm³/mol. The fourth-order valence-electron chi connectivity index (χ4n) is 1.40. The Bertz CT molecular complexity index is 394. The van der Waals surface area contributed by atoms with Crippen molar-refractivity contribution in [1.82, 2.24) is 20.2 Å². The van der Waals surface area contributed by atoms with Crippen LogP contribution in [0.25, 0.3) is 0 Å². The summed E-state index contributed by atoms with van der Waals surface area (Å²) in [6, 6.07) is -0.388. The second kappa shape index (κ2) is 3.13. The highest BCUT2D eigenvalue weighted by molar-refractivity contribution is 6.06. The number of guanidine groups is 1. The van der Waals surface area contributed by atoms with E-state index in [1.807, 2.05) is 7.05 Å². The Morgan fingerprint density at radius 2 is 2.43 bits per heavy atom. The normalized spacial score (nSPS) is 23.7. The van der Waals surface area contributed by atoms with Crippen LogP contribution in [0.3, 0.4) is 0 Å². The molecule has 14 heavy (non-hydrogen) atoms. The molecule has 1 aromatic heterocycles. The van der Waals surface area contributed by atoms with Gasteiger partial charge < -0.3 is 9.88 Å². The molecule has 0 radical (unpaired) electrons. The quantitative estimate of drug-likeness (QED) is 0.611. The van der Waals surface area contributed by atoms with Gasteiger partial charge in [-0.2, -0.15) is 0 Å². The Balaban J connectivity index is 2.29. The molecule has 74 valence electrons. The van der Waals surface area contributed by atoms with E-state index in [-0.39, 0.29) is 11.9 Å². The molecule has 1 fully saturated rings. The number of carbonyl (C=O) groups excluding carboxylic acids is 1. The molecule has 2 N–H and O–H groups in total. The molecular weight excluding hydrogens is 182 g/mol. The number of carbonyl (C=O) groups is 1. The van der Waals surface area contributed by atoms with Crippen molar-refractivity contribution in [2.45, 2.75) is 6.04 Å². The first kappa shape index (κ1) is 8.74. The van der Waals surface area contributed by atoms with Gasteiger partial charge in [-0.15, -0.1) is 0 Å². The summed E-state index contributed by atoms with van der Waals surface area (Å²) < 4.78 is 1.80. The summed E-state index contributed by atoms with van der Waals surface area (Å²) in [5.41, 5.74) is 0.821. The lowest BCUT2D eigenvalue weighted by Gasteiger charge is -2.07. The molecule has 1 amide bonds. The largest absolute Gasteiger partial charge is 0.339 e. The maximum absolute atomic E-state index is 11.5. The van der Waals surface area contributed by atoms with E-state index in [1.54, 1.807) is 24.1 Å². The number of hydrogen-bond donors (Lipinski definition) is 2. The van der Waals surface area contributed by atoms with Gasteiger partial charge in [0.25, 0.3) is 5.91 Å². The van der Waals surface area contributed by atoms with E-state index in [4.69, 9.17) is 0 Å². The molecule has 0 bridgehead atoms. The highest BCUT2D eigenvalue weighted by Crippen LogP contribution is 2.14. The van der Waals surface area contributed by atoms with Gasteiger partial charge in [-0.25, -0.2) is 4.98 Å². The van der Waals surface area contributed by atoms with E-state index < -0.39 is 0 Å². The number of imidazole rings is 1. The lowest BCUT2D eigenvalue weighted by molar-refractivity contribution is -0.120. The number of nitrogens with zero attached hydrogens (tertiary/aromatic N) is 3. The molecule has 0 saturated carbocycles. The predicted octanol–water partition coefficient (Wildman–Crippen LogP) is -0.834. The SMILES string of the molecule is CN=C1NC(=O)C(c2cncn2C)N1. The number of nitrogens with one attached hydrogen (secondary N) is 2. The fraction of sp³-hybridized carbons (Fsp3) is 0.375. The second-order valence-corrected chi connectivity index (χ2v) is 3.07. The first-order chi connectivity index (χ1) is 6.72. The molecule has 6 nitrogen and oxygen atoms in total. The van der Waals surface area contributed by atoms with E-state index in [9.17, 15) is 4.79 Å². The summed E-state index contributed by atoms with van der Waals surface area (Å²) in [5, 5.41) is 5.59. The van der Waals surface area contributed by atoms with Crippen LogP contribution >= 0.6 is 0 Å². The van der Waals surface area contributed by atoms with E-state index in [1.165, 1.54) is 0 Å². The minimum atomic E-state index is -0.388. The maximum Gasteiger partial charge on any atom is 0.255 e. The van der Waals surface area contributed by atoms with Crippen LogP contribution in [0.1, 0.15) is 11.7 Å². The Morgan fingerprint density at radius 3 is 2.93 bits per heavy atom. The summed E-state index contributed by atoms with van der Waals surface area (Å²) in [6.07, 6.45) is 3.32. The van der Waals surface area contributed by atoms with Crippen molar-refractivity contribution in [3.8, 4) is 0 Å². The number of hydrogen-bond acceptors (Lipinski definition) is 3. The first-order valence-electron chi connectivity index (χ1n) is 4.23. The highest BCUT2D eigenvalue weighted by atomic mass is 16.2. The Hall–Kier alpha value is -1.85. The van der Waals surface area contributed by atoms with E-state index >= 15 is 0 Å². The molecule has 0 spiro atoms. The van der Waals surface area contributed by atoms with Crippen LogP contribution in [-0.2, 0) is 11.8 Å². The lowest BCUT2D eigenvalue weighted by atomic mass is 10.2. The number of rotatable bonds is 1. The third-order valence-electron chi connectivity index (χ3n) is 2.16. The third kappa shape index (κ3) is 1.24. The molecular formula is C8H11N5O. The van der Waals surface area contributed by atoms with Crippen molar-refractivity contribution in [3.05, 3.63) is 18.2 Å². The van der Waals surface area contributed by atoms with Gasteiger partial charge in [0, 0.05) is 14.1 Å². The molecule has 1 saturated heterocycles. The van der Waals surface area contributed by atoms with Crippen LogP contribution in [-0.4, -0.2) is 28.5 Å². The van der Waals surface area contributed by atoms with Crippen molar-refractivity contribution in [2.75, 3.05) is 7.05 Å². The van der Waals surface area contributed by atoms with E-state index in [0.29, 0.717) is 5.96 Å². The first-order valence-corrected chi connectivity index (χ1v) is 4.23. The van der Waals surface area contributed by atoms with Crippen molar-refractivity contribution in [1.29, 1.82) is 0 Å². The van der Waals surface area contributed by atoms with Crippen molar-refractivity contribution >= 4 is 11.9 Å². The van der Waals surface area contributed by atoms with Gasteiger partial charge in [-0.3, -0.25) is 15.1 Å². The highest BCUT2D eigenvalue weighted by Gasteiger charge is 2.31. The van der Waals surface area contributed by atoms with Crippen LogP contribution in [0, 0.1) is 0 Å². The molecule has 1 unspecified atom stereocenters. The summed E-state index contributed by atoms with van der Waals surface area (Å²) in [6.45, 7) is 0. The molecule has 1 aromatic rings. The second-order valence-electron chi connectivity index (χ2n) is 3.07. The molecule has 2 heterocycles. The van der Waals surface area contributed by atoms with Crippen molar-refractivity contribution in [2.24, 2.45) is 12.0 Å². The Kier molecular flexibility index (Phi) is 1.95. The number of amides is 1. The van der Waals surface area contributed by atoms with Gasteiger partial charge in [0.15, 0.2) is 12.0 Å². The zero-order chi connectivity index (χ0) is 10.1. The number of aryl methyl sites for hydroxylation is 1. The van der Waals surface area contributed by atoms with Gasteiger partial charge in [0.05, 0.1) is 18.2 Å².